The van der Waals surface area contributed by atoms with Crippen LogP contribution >= 0.6 is 0 Å². The van der Waals surface area contributed by atoms with Crippen LogP contribution < -0.4 is 43.1 Å². The fourth-order valence-corrected chi connectivity index (χ4v) is 13.6. The minimum absolute atomic E-state index is 0.519. The average Bonchev–Trinajstić information content (AvgIpc) is 0.747. The Hall–Kier alpha value is -6.73. The third-order valence-electron chi connectivity index (χ3n) is 16.3. The normalized spacial score (nSPS) is 11.7. The van der Waals surface area contributed by atoms with E-state index in [1.807, 2.05) is 12.5 Å². The Labute approximate surface area is 529 Å². The number of halogens is 21. The molecule has 496 valence electrons. The van der Waals surface area contributed by atoms with Crippen molar-refractivity contribution in [3.05, 3.63) is 208 Å². The van der Waals surface area contributed by atoms with Gasteiger partial charge in [0, 0.05) is 23.3 Å². The summed E-state index contributed by atoms with van der Waals surface area (Å²) < 4.78 is 308. The zero-order valence-electron chi connectivity index (χ0n) is 49.8. The minimum Gasteiger partial charge on any atom is -0.426 e. The van der Waals surface area contributed by atoms with Crippen LogP contribution in [0.5, 0.6) is 0 Å². The van der Waals surface area contributed by atoms with E-state index >= 15 is 35.1 Å². The lowest BCUT2D eigenvalue weighted by atomic mass is 9.12. The van der Waals surface area contributed by atoms with Crippen LogP contribution in [0.3, 0.4) is 0 Å². The number of benzene rings is 6. The Balaban J connectivity index is 0.000000261. The highest BCUT2D eigenvalue weighted by atomic mass is 127. The van der Waals surface area contributed by atoms with E-state index in [0.717, 1.165) is 20.4 Å². The second-order valence-corrected chi connectivity index (χ2v) is 25.0. The van der Waals surface area contributed by atoms with Gasteiger partial charge in [-0.2, -0.15) is 0 Å². The Bertz CT molecular complexity index is 3340. The predicted molar refractivity (Wildman–Crippen MR) is 306 cm³/mol. The van der Waals surface area contributed by atoms with Gasteiger partial charge in [0.1, 0.15) is 65.2 Å². The second-order valence-electron chi connectivity index (χ2n) is 22.4. The number of furan rings is 2. The zero-order chi connectivity index (χ0) is 67.1. The van der Waals surface area contributed by atoms with Crippen molar-refractivity contribution in [2.24, 2.45) is 0 Å². The van der Waals surface area contributed by atoms with Crippen LogP contribution in [0, 0.1) is 124 Å². The summed E-state index contributed by atoms with van der Waals surface area (Å²) in [5.41, 5.74) is -6.39. The summed E-state index contributed by atoms with van der Waals surface area (Å²) in [7, 11) is 0. The van der Waals surface area contributed by atoms with Crippen molar-refractivity contribution in [3.63, 3.8) is 0 Å². The zero-order valence-corrected chi connectivity index (χ0v) is 52.0. The van der Waals surface area contributed by atoms with E-state index in [0.29, 0.717) is 0 Å². The highest BCUT2D eigenvalue weighted by molar-refractivity contribution is 7.20. The van der Waals surface area contributed by atoms with E-state index in [4.69, 9.17) is 8.83 Å². The molecule has 0 N–H and O–H groups in total. The summed E-state index contributed by atoms with van der Waals surface area (Å²) >= 11 is -0.519. The SMILES string of the molecule is CCCCCCCCCCCCc1ccccc1-c1coc([I+]c2cc(-c3ccccc3CCCCCCCCCCCC)co2)c1.Fc1c(F)c(F)c([B-](c2c(F)c(F)c(F)c(F)c2F)(c2c(F)c(F)c(F)c(F)c2F)c2c(F)c(F)c(F)c(F)c2F)c(F)c1F. The van der Waals surface area contributed by atoms with Gasteiger partial charge in [-0.05, 0) is 47.9 Å². The maximum Gasteiger partial charge on any atom is 0.443 e. The Morgan fingerprint density at radius 1 is 0.283 bits per heavy atom. The molecule has 0 aliphatic heterocycles. The van der Waals surface area contributed by atoms with Crippen LogP contribution in [0.2, 0.25) is 0 Å². The maximum absolute atomic E-state index is 15.4. The quantitative estimate of drug-likeness (QED) is 0.0112. The standard InChI is InChI=1S/C44H62IO2.C24BF20/c1-3-5-7-9-11-13-15-17-19-21-27-37-29-23-25-31-41(37)39-33-43(46-35-39)45-44-34-40(36-47-44)42-32-26-24-30-38(42)28-22-20-18-16-14-12-10-8-6-4-2;26-5-1(6(27)14(35)21(42)13(5)34)25(2-7(28)15(36)22(43)16(37)8(2)29,3-9(30)17(38)23(44)18(39)10(3)31)4-11(32)19(40)24(45)20(41)12(4)33/h23-26,29-36H,3-22,27-28H2,1-2H3;/q+1;-1. The van der Waals surface area contributed by atoms with Crippen molar-refractivity contribution >= 4 is 28.0 Å². The first-order chi connectivity index (χ1) is 44.0. The van der Waals surface area contributed by atoms with Gasteiger partial charge in [-0.15, -0.1) is 21.9 Å². The highest BCUT2D eigenvalue weighted by Crippen LogP contribution is 2.33. The van der Waals surface area contributed by atoms with Gasteiger partial charge < -0.3 is 8.83 Å². The van der Waals surface area contributed by atoms with Crippen LogP contribution in [0.4, 0.5) is 87.8 Å². The van der Waals surface area contributed by atoms with Crippen LogP contribution in [-0.2, 0) is 12.8 Å². The van der Waals surface area contributed by atoms with Gasteiger partial charge >= 0.3 is 28.7 Å². The molecule has 2 heterocycles. The maximum atomic E-state index is 15.4. The van der Waals surface area contributed by atoms with Gasteiger partial charge in [0.25, 0.3) is 0 Å². The monoisotopic (exact) mass is 1430 g/mol. The molecule has 8 rings (SSSR count). The third kappa shape index (κ3) is 15.7. The number of rotatable bonds is 30. The van der Waals surface area contributed by atoms with Crippen molar-refractivity contribution in [3.8, 4) is 22.3 Å². The van der Waals surface area contributed by atoms with Gasteiger partial charge in [-0.3, -0.25) is 0 Å². The van der Waals surface area contributed by atoms with E-state index in [1.54, 1.807) is 0 Å². The van der Waals surface area contributed by atoms with E-state index < -0.39 is 166 Å². The van der Waals surface area contributed by atoms with Crippen LogP contribution in [0.25, 0.3) is 22.3 Å². The van der Waals surface area contributed by atoms with Crippen molar-refractivity contribution in [1.29, 1.82) is 0 Å². The molecule has 0 spiro atoms. The first-order valence-corrected chi connectivity index (χ1v) is 32.4. The molecule has 0 bridgehead atoms. The number of hydrogen-bond acceptors (Lipinski definition) is 2. The molecule has 0 atom stereocenters. The Kier molecular flexibility index (Phi) is 26.4. The largest absolute Gasteiger partial charge is 0.443 e. The molecule has 0 saturated heterocycles. The molecule has 8 aromatic rings. The average molecular weight is 1430 g/mol. The van der Waals surface area contributed by atoms with Gasteiger partial charge in [-0.25, -0.2) is 87.8 Å². The van der Waals surface area contributed by atoms with E-state index in [1.165, 1.54) is 162 Å². The minimum atomic E-state index is -7.22. The molecular weight excluding hydrogens is 1370 g/mol. The molecule has 0 radical (unpaired) electrons. The number of unbranched alkanes of at least 4 members (excludes halogenated alkanes) is 18. The summed E-state index contributed by atoms with van der Waals surface area (Å²) in [6.07, 6.45) is 26.5. The van der Waals surface area contributed by atoms with Crippen LogP contribution in [-0.4, -0.2) is 6.15 Å². The molecule has 0 unspecified atom stereocenters. The van der Waals surface area contributed by atoms with Gasteiger partial charge in [0.2, 0.25) is 0 Å². The van der Waals surface area contributed by atoms with Crippen molar-refractivity contribution in [2.45, 2.75) is 155 Å². The fraction of sp³-hybridized carbons (Fsp3) is 0.353. The molecule has 6 aromatic carbocycles. The van der Waals surface area contributed by atoms with E-state index in [-0.39, 0.29) is 0 Å². The molecule has 0 saturated carbocycles. The first kappa shape index (κ1) is 72.7. The smallest absolute Gasteiger partial charge is 0.426 e. The second kappa shape index (κ2) is 33.4. The number of aryl methyl sites for hydroxylation is 2. The lowest BCUT2D eigenvalue weighted by molar-refractivity contribution is -0.636. The Morgan fingerprint density at radius 3 is 0.750 bits per heavy atom. The van der Waals surface area contributed by atoms with Crippen molar-refractivity contribution in [2.75, 3.05) is 0 Å². The molecule has 0 aliphatic carbocycles. The molecule has 2 aromatic heterocycles. The number of hydrogen-bond donors (Lipinski definition) is 0. The molecule has 92 heavy (non-hydrogen) atoms. The van der Waals surface area contributed by atoms with Gasteiger partial charge in [-0.1, -0.05) is 178 Å². The van der Waals surface area contributed by atoms with E-state index in [2.05, 4.69) is 74.5 Å². The molecule has 24 heteroatoms. The summed E-state index contributed by atoms with van der Waals surface area (Å²) in [4.78, 5) is 0. The predicted octanol–water partition coefficient (Wildman–Crippen LogP) is 17.1. The third-order valence-corrected chi connectivity index (χ3v) is 18.5. The molecule has 0 fully saturated rings. The lowest BCUT2D eigenvalue weighted by Gasteiger charge is -2.44. The topological polar surface area (TPSA) is 26.3 Å². The molecule has 2 nitrogen and oxygen atoms in total. The van der Waals surface area contributed by atoms with Gasteiger partial charge in [0.15, 0.2) is 69.8 Å². The van der Waals surface area contributed by atoms with Gasteiger partial charge in [0.05, 0.1) is 0 Å². The Morgan fingerprint density at radius 2 is 0.500 bits per heavy atom. The van der Waals surface area contributed by atoms with Crippen molar-refractivity contribution < 1.29 is 118 Å². The van der Waals surface area contributed by atoms with E-state index in [9.17, 15) is 52.7 Å². The summed E-state index contributed by atoms with van der Waals surface area (Å²) in [5.74, 6) is -71.4. The fourth-order valence-electron chi connectivity index (χ4n) is 11.6. The van der Waals surface area contributed by atoms with Crippen LogP contribution in [0.1, 0.15) is 153 Å². The molecule has 0 aliphatic rings. The van der Waals surface area contributed by atoms with Crippen LogP contribution in [0.15, 0.2) is 82.0 Å². The lowest BCUT2D eigenvalue weighted by Crippen LogP contribution is -3.61. The molecule has 0 amide bonds. The first-order valence-electron chi connectivity index (χ1n) is 30.2. The molecular formula is C68H62BF20IO2. The van der Waals surface area contributed by atoms with Crippen molar-refractivity contribution in [1.82, 2.24) is 0 Å². The summed E-state index contributed by atoms with van der Waals surface area (Å²) in [6, 6.07) is 22.3. The highest BCUT2D eigenvalue weighted by Gasteiger charge is 2.52. The summed E-state index contributed by atoms with van der Waals surface area (Å²) in [6.45, 7) is 4.59. The summed E-state index contributed by atoms with van der Waals surface area (Å²) in [5, 5.41) is 0.